The first-order valence-corrected chi connectivity index (χ1v) is 9.05. The molecule has 1 aromatic carbocycles. The molecule has 0 saturated heterocycles. The van der Waals surface area contributed by atoms with Crippen LogP contribution in [0.25, 0.3) is 0 Å². The number of hydrogen-bond donors (Lipinski definition) is 1. The highest BCUT2D eigenvalue weighted by molar-refractivity contribution is 9.10. The van der Waals surface area contributed by atoms with E-state index in [2.05, 4.69) is 31.4 Å². The van der Waals surface area contributed by atoms with E-state index in [1.807, 2.05) is 0 Å². The topological polar surface area (TPSA) is 74.0 Å². The van der Waals surface area contributed by atoms with Crippen molar-refractivity contribution in [2.24, 2.45) is 7.05 Å². The number of carbonyl (C=O) groups is 1. The van der Waals surface area contributed by atoms with Gasteiger partial charge in [-0.1, -0.05) is 29.3 Å². The van der Waals surface area contributed by atoms with E-state index < -0.39 is 0 Å². The summed E-state index contributed by atoms with van der Waals surface area (Å²) in [5, 5.41) is 11.8. The Balaban J connectivity index is 1.58. The summed E-state index contributed by atoms with van der Waals surface area (Å²) in [4.78, 5) is 12.2. The van der Waals surface area contributed by atoms with Crippen LogP contribution in [0.3, 0.4) is 0 Å². The number of aryl methyl sites for hydroxylation is 1. The molecule has 26 heavy (non-hydrogen) atoms. The molecule has 2 heterocycles. The Kier molecular flexibility index (Phi) is 5.85. The summed E-state index contributed by atoms with van der Waals surface area (Å²) in [5.41, 5.74) is 1.14. The van der Waals surface area contributed by atoms with Crippen LogP contribution in [-0.4, -0.2) is 25.5 Å². The molecule has 0 unspecified atom stereocenters. The van der Waals surface area contributed by atoms with Crippen LogP contribution in [0.2, 0.25) is 10.0 Å². The van der Waals surface area contributed by atoms with Crippen LogP contribution in [0.4, 0.5) is 0 Å². The first-order valence-electron chi connectivity index (χ1n) is 7.50. The summed E-state index contributed by atoms with van der Waals surface area (Å²) in [7, 11) is 1.80. The van der Waals surface area contributed by atoms with Gasteiger partial charge in [0.25, 0.3) is 5.91 Å². The molecule has 0 fully saturated rings. The Morgan fingerprint density at radius 1 is 1.35 bits per heavy atom. The molecule has 1 N–H and O–H groups in total. The predicted octanol–water partition coefficient (Wildman–Crippen LogP) is 3.65. The third kappa shape index (κ3) is 4.20. The molecular formula is C16H14BrCl2N5O2. The molecule has 0 radical (unpaired) electrons. The second-order valence-electron chi connectivity index (χ2n) is 5.31. The lowest BCUT2D eigenvalue weighted by atomic mass is 10.3. The third-order valence-corrected chi connectivity index (χ3v) is 5.03. The molecule has 10 heteroatoms. The molecule has 7 nitrogen and oxygen atoms in total. The number of carbonyl (C=O) groups excluding carboxylic acids is 1. The number of aromatic nitrogens is 4. The lowest BCUT2D eigenvalue weighted by Gasteiger charge is -2.08. The molecule has 0 aliphatic heterocycles. The standard InChI is InChI=1S/C16H14BrCl2N5O2/c1-23-13(10(17)7-21-23)8-20-16(25)12-5-6-24(22-12)9-26-14-4-2-3-11(18)15(14)19/h2-7H,8-9H2,1H3,(H,20,25). The summed E-state index contributed by atoms with van der Waals surface area (Å²) < 4.78 is 9.59. The van der Waals surface area contributed by atoms with Gasteiger partial charge in [-0.25, -0.2) is 4.68 Å². The first kappa shape index (κ1) is 18.8. The third-order valence-electron chi connectivity index (χ3n) is 3.57. The Morgan fingerprint density at radius 2 is 2.15 bits per heavy atom. The SMILES string of the molecule is Cn1ncc(Br)c1CNC(=O)c1ccn(COc2cccc(Cl)c2Cl)n1. The van der Waals surface area contributed by atoms with Crippen LogP contribution >= 0.6 is 39.1 Å². The minimum Gasteiger partial charge on any atom is -0.470 e. The number of amides is 1. The summed E-state index contributed by atoms with van der Waals surface area (Å²) in [5.74, 6) is 0.152. The van der Waals surface area contributed by atoms with Gasteiger partial charge >= 0.3 is 0 Å². The van der Waals surface area contributed by atoms with Crippen LogP contribution in [0, 0.1) is 0 Å². The van der Waals surface area contributed by atoms with Gasteiger partial charge in [0, 0.05) is 13.2 Å². The van der Waals surface area contributed by atoms with Crippen LogP contribution in [0.5, 0.6) is 5.75 Å². The molecule has 3 rings (SSSR count). The number of nitrogens with one attached hydrogen (secondary N) is 1. The normalized spacial score (nSPS) is 10.8. The molecule has 1 amide bonds. The van der Waals surface area contributed by atoms with E-state index >= 15 is 0 Å². The Bertz CT molecular complexity index is 921. The number of ether oxygens (including phenoxy) is 1. The molecule has 0 spiro atoms. The predicted molar refractivity (Wildman–Crippen MR) is 101 cm³/mol. The quantitative estimate of drug-likeness (QED) is 0.611. The van der Waals surface area contributed by atoms with E-state index in [0.717, 1.165) is 10.2 Å². The molecule has 136 valence electrons. The van der Waals surface area contributed by atoms with Crippen molar-refractivity contribution in [3.8, 4) is 5.75 Å². The zero-order valence-corrected chi connectivity index (χ0v) is 16.7. The van der Waals surface area contributed by atoms with E-state index in [1.165, 1.54) is 4.68 Å². The monoisotopic (exact) mass is 457 g/mol. The van der Waals surface area contributed by atoms with Crippen molar-refractivity contribution < 1.29 is 9.53 Å². The van der Waals surface area contributed by atoms with Crippen molar-refractivity contribution in [1.82, 2.24) is 24.9 Å². The van der Waals surface area contributed by atoms with Gasteiger partial charge in [0.05, 0.1) is 27.9 Å². The van der Waals surface area contributed by atoms with Crippen LogP contribution in [0.15, 0.2) is 41.1 Å². The van der Waals surface area contributed by atoms with Gasteiger partial charge in [-0.2, -0.15) is 10.2 Å². The number of nitrogens with zero attached hydrogens (tertiary/aromatic N) is 4. The van der Waals surface area contributed by atoms with Crippen LogP contribution in [-0.2, 0) is 20.3 Å². The Labute approximate surface area is 168 Å². The second kappa shape index (κ2) is 8.11. The van der Waals surface area contributed by atoms with E-state index in [-0.39, 0.29) is 18.3 Å². The van der Waals surface area contributed by atoms with Crippen LogP contribution in [0.1, 0.15) is 16.2 Å². The van der Waals surface area contributed by atoms with Crippen molar-refractivity contribution in [2.75, 3.05) is 0 Å². The van der Waals surface area contributed by atoms with Gasteiger partial charge in [0.15, 0.2) is 6.73 Å². The summed E-state index contributed by atoms with van der Waals surface area (Å²) in [6, 6.07) is 6.73. The van der Waals surface area contributed by atoms with Gasteiger partial charge in [0.2, 0.25) is 0 Å². The van der Waals surface area contributed by atoms with Gasteiger partial charge in [-0.15, -0.1) is 0 Å². The second-order valence-corrected chi connectivity index (χ2v) is 6.95. The molecule has 0 saturated carbocycles. The number of halogens is 3. The van der Waals surface area contributed by atoms with Gasteiger partial charge in [-0.3, -0.25) is 9.48 Å². The molecular weight excluding hydrogens is 445 g/mol. The summed E-state index contributed by atoms with van der Waals surface area (Å²) in [6.45, 7) is 0.429. The fourth-order valence-corrected chi connectivity index (χ4v) is 3.01. The summed E-state index contributed by atoms with van der Waals surface area (Å²) in [6.07, 6.45) is 3.32. The maximum atomic E-state index is 12.2. The maximum Gasteiger partial charge on any atom is 0.272 e. The van der Waals surface area contributed by atoms with E-state index in [9.17, 15) is 4.79 Å². The van der Waals surface area contributed by atoms with Gasteiger partial charge in [0.1, 0.15) is 16.5 Å². The number of rotatable bonds is 6. The molecule has 0 aliphatic carbocycles. The highest BCUT2D eigenvalue weighted by Crippen LogP contribution is 2.31. The van der Waals surface area contributed by atoms with Crippen molar-refractivity contribution in [1.29, 1.82) is 0 Å². The van der Waals surface area contributed by atoms with Crippen molar-refractivity contribution in [3.63, 3.8) is 0 Å². The molecule has 3 aromatic rings. The maximum absolute atomic E-state index is 12.2. The summed E-state index contributed by atoms with van der Waals surface area (Å²) >= 11 is 15.4. The first-order chi connectivity index (χ1) is 12.5. The van der Waals surface area contributed by atoms with E-state index in [0.29, 0.717) is 22.3 Å². The van der Waals surface area contributed by atoms with E-state index in [1.54, 1.807) is 48.4 Å². The van der Waals surface area contributed by atoms with Crippen molar-refractivity contribution >= 4 is 45.0 Å². The molecule has 2 aromatic heterocycles. The highest BCUT2D eigenvalue weighted by atomic mass is 79.9. The van der Waals surface area contributed by atoms with Gasteiger partial charge < -0.3 is 10.1 Å². The van der Waals surface area contributed by atoms with Crippen molar-refractivity contribution in [3.05, 3.63) is 62.6 Å². The minimum atomic E-state index is -0.294. The smallest absolute Gasteiger partial charge is 0.272 e. The molecule has 0 bridgehead atoms. The lowest BCUT2D eigenvalue weighted by Crippen LogP contribution is -2.25. The zero-order valence-electron chi connectivity index (χ0n) is 13.6. The fraction of sp³-hybridized carbons (Fsp3) is 0.188. The molecule has 0 atom stereocenters. The molecule has 0 aliphatic rings. The highest BCUT2D eigenvalue weighted by Gasteiger charge is 2.13. The number of benzene rings is 1. The number of hydrogen-bond acceptors (Lipinski definition) is 4. The fourth-order valence-electron chi connectivity index (χ4n) is 2.18. The minimum absolute atomic E-state index is 0.0978. The average Bonchev–Trinajstić information content (AvgIpc) is 3.22. The zero-order chi connectivity index (χ0) is 18.7. The van der Waals surface area contributed by atoms with Crippen molar-refractivity contribution in [2.45, 2.75) is 13.3 Å². The lowest BCUT2D eigenvalue weighted by molar-refractivity contribution is 0.0943. The Morgan fingerprint density at radius 3 is 2.88 bits per heavy atom. The average molecular weight is 459 g/mol. The van der Waals surface area contributed by atoms with Crippen LogP contribution < -0.4 is 10.1 Å². The largest absolute Gasteiger partial charge is 0.470 e. The Hall–Kier alpha value is -2.03. The van der Waals surface area contributed by atoms with Gasteiger partial charge in [-0.05, 0) is 34.1 Å². The van der Waals surface area contributed by atoms with E-state index in [4.69, 9.17) is 27.9 Å².